The van der Waals surface area contributed by atoms with E-state index in [-0.39, 0.29) is 40.5 Å². The van der Waals surface area contributed by atoms with Gasteiger partial charge in [0.1, 0.15) is 29.5 Å². The van der Waals surface area contributed by atoms with E-state index < -0.39 is 18.2 Å². The maximum absolute atomic E-state index is 15.0. The molecule has 0 saturated carbocycles. The first-order valence-corrected chi connectivity index (χ1v) is 14.7. The van der Waals surface area contributed by atoms with Gasteiger partial charge in [-0.3, -0.25) is 9.59 Å². The van der Waals surface area contributed by atoms with Crippen LogP contribution in [0, 0.1) is 18.6 Å². The van der Waals surface area contributed by atoms with E-state index >= 15 is 4.39 Å². The van der Waals surface area contributed by atoms with Gasteiger partial charge < -0.3 is 24.8 Å². The van der Waals surface area contributed by atoms with E-state index in [0.717, 1.165) is 11.9 Å². The van der Waals surface area contributed by atoms with E-state index in [1.165, 1.54) is 6.07 Å². The Labute approximate surface area is 254 Å². The zero-order chi connectivity index (χ0) is 31.4. The molecular weight excluding hydrogens is 570 g/mol. The fourth-order valence-corrected chi connectivity index (χ4v) is 5.50. The van der Waals surface area contributed by atoms with Crippen LogP contribution in [0.2, 0.25) is 0 Å². The van der Waals surface area contributed by atoms with Gasteiger partial charge in [0.15, 0.2) is 17.4 Å². The number of piperazine rings is 1. The first-order chi connectivity index (χ1) is 21.1. The summed E-state index contributed by atoms with van der Waals surface area (Å²) in [6, 6.07) is 6.62. The van der Waals surface area contributed by atoms with E-state index in [1.807, 2.05) is 36.3 Å². The van der Waals surface area contributed by atoms with Crippen LogP contribution in [-0.4, -0.2) is 79.0 Å². The van der Waals surface area contributed by atoms with Crippen LogP contribution in [0.25, 0.3) is 22.3 Å². The van der Waals surface area contributed by atoms with Gasteiger partial charge >= 0.3 is 0 Å². The number of aryl methyl sites for hydroxylation is 1. The molecule has 1 aliphatic rings. The second-order valence-corrected chi connectivity index (χ2v) is 11.1. The number of ketones is 1. The van der Waals surface area contributed by atoms with Crippen molar-refractivity contribution in [1.29, 1.82) is 0 Å². The number of hydrogen-bond donors (Lipinski definition) is 2. The minimum Gasteiger partial charge on any atom is -0.389 e. The van der Waals surface area contributed by atoms with E-state index in [0.29, 0.717) is 69.0 Å². The number of imidazole rings is 1. The number of carbonyl (C=O) groups is 2. The third-order valence-electron chi connectivity index (χ3n) is 7.72. The van der Waals surface area contributed by atoms with Gasteiger partial charge in [-0.1, -0.05) is 0 Å². The molecule has 0 unspecified atom stereocenters. The molecule has 1 saturated heterocycles. The fourth-order valence-electron chi connectivity index (χ4n) is 5.50. The van der Waals surface area contributed by atoms with Crippen LogP contribution in [0.3, 0.4) is 0 Å². The number of halogens is 2. The third kappa shape index (κ3) is 6.83. The summed E-state index contributed by atoms with van der Waals surface area (Å²) in [6.45, 7) is 7.80. The van der Waals surface area contributed by atoms with Crippen molar-refractivity contribution in [2.45, 2.75) is 52.5 Å². The van der Waals surface area contributed by atoms with E-state index in [1.54, 1.807) is 18.3 Å². The zero-order valence-electron chi connectivity index (χ0n) is 25.1. The number of nitrogens with one attached hydrogen (secondary N) is 1. The summed E-state index contributed by atoms with van der Waals surface area (Å²) < 4.78 is 31.8. The van der Waals surface area contributed by atoms with Crippen LogP contribution in [0.1, 0.15) is 51.4 Å². The summed E-state index contributed by atoms with van der Waals surface area (Å²) >= 11 is 0. The Hall–Kier alpha value is -4.52. The largest absolute Gasteiger partial charge is 0.389 e. The van der Waals surface area contributed by atoms with Crippen LogP contribution >= 0.6 is 0 Å². The van der Waals surface area contributed by atoms with Crippen molar-refractivity contribution in [3.63, 3.8) is 0 Å². The Morgan fingerprint density at radius 1 is 0.977 bits per heavy atom. The lowest BCUT2D eigenvalue weighted by Crippen LogP contribution is -2.48. The number of benzene rings is 1. The van der Waals surface area contributed by atoms with Crippen LogP contribution in [0.4, 0.5) is 26.2 Å². The number of aliphatic hydroxyl groups is 1. The molecule has 4 aromatic rings. The van der Waals surface area contributed by atoms with Gasteiger partial charge in [0, 0.05) is 50.6 Å². The lowest BCUT2D eigenvalue weighted by molar-refractivity contribution is -0.131. The van der Waals surface area contributed by atoms with Crippen molar-refractivity contribution < 1.29 is 23.5 Å². The second-order valence-electron chi connectivity index (χ2n) is 11.1. The molecule has 11 nitrogen and oxygen atoms in total. The number of hydrogen-bond acceptors (Lipinski definition) is 9. The minimum absolute atomic E-state index is 0.0368. The maximum atomic E-state index is 15.0. The normalized spacial score (nSPS) is 13.6. The lowest BCUT2D eigenvalue weighted by Gasteiger charge is -2.36. The number of unbranched alkanes of at least 4 members (excludes halogenated alkanes) is 1. The Bertz CT molecular complexity index is 1650. The molecule has 3 aromatic heterocycles. The molecule has 1 aromatic carbocycles. The summed E-state index contributed by atoms with van der Waals surface area (Å²) in [5.74, 6) is -0.130. The highest BCUT2D eigenvalue weighted by Gasteiger charge is 2.22. The van der Waals surface area contributed by atoms with Crippen molar-refractivity contribution in [3.05, 3.63) is 54.1 Å². The second kappa shape index (κ2) is 13.4. The number of anilines is 3. The summed E-state index contributed by atoms with van der Waals surface area (Å²) in [5, 5.41) is 11.8. The van der Waals surface area contributed by atoms with Crippen molar-refractivity contribution in [2.75, 3.05) is 43.0 Å². The number of rotatable bonds is 11. The molecule has 4 heterocycles. The van der Waals surface area contributed by atoms with Gasteiger partial charge in [0.05, 0.1) is 23.6 Å². The first kappa shape index (κ1) is 30.9. The van der Waals surface area contributed by atoms with Crippen molar-refractivity contribution in [1.82, 2.24) is 29.4 Å². The van der Waals surface area contributed by atoms with Crippen LogP contribution in [-0.2, 0) is 9.59 Å². The highest BCUT2D eigenvalue weighted by molar-refractivity contribution is 5.83. The average molecular weight is 607 g/mol. The van der Waals surface area contributed by atoms with Crippen LogP contribution < -0.4 is 10.2 Å². The molecule has 0 aliphatic carbocycles. The highest BCUT2D eigenvalue weighted by Crippen LogP contribution is 2.30. The van der Waals surface area contributed by atoms with Gasteiger partial charge in [-0.2, -0.15) is 0 Å². The first-order valence-electron chi connectivity index (χ1n) is 14.7. The van der Waals surface area contributed by atoms with Crippen LogP contribution in [0.5, 0.6) is 0 Å². The number of Topliss-reactive ketones (excluding diaryl/α,β-unsaturated/α-hetero) is 1. The van der Waals surface area contributed by atoms with Crippen molar-refractivity contribution in [3.8, 4) is 11.3 Å². The quantitative estimate of drug-likeness (QED) is 0.236. The van der Waals surface area contributed by atoms with Gasteiger partial charge in [-0.15, -0.1) is 0 Å². The van der Waals surface area contributed by atoms with Gasteiger partial charge in [0.2, 0.25) is 11.9 Å². The van der Waals surface area contributed by atoms with E-state index in [2.05, 4.69) is 30.2 Å². The molecule has 0 radical (unpaired) electrons. The Kier molecular flexibility index (Phi) is 9.43. The predicted octanol–water partition coefficient (Wildman–Crippen LogP) is 4.57. The molecule has 1 fully saturated rings. The average Bonchev–Trinajstić information content (AvgIpc) is 3.37. The molecule has 1 aliphatic heterocycles. The molecule has 2 N–H and O–H groups in total. The summed E-state index contributed by atoms with van der Waals surface area (Å²) in [5.41, 5.74) is 1.92. The van der Waals surface area contributed by atoms with E-state index in [4.69, 9.17) is 5.11 Å². The van der Waals surface area contributed by atoms with Crippen molar-refractivity contribution in [2.24, 2.45) is 0 Å². The third-order valence-corrected chi connectivity index (χ3v) is 7.72. The Balaban J connectivity index is 1.21. The van der Waals surface area contributed by atoms with Gasteiger partial charge in [-0.25, -0.2) is 28.7 Å². The molecule has 5 rings (SSSR count). The number of pyridine rings is 1. The minimum atomic E-state index is -0.681. The molecule has 0 spiro atoms. The summed E-state index contributed by atoms with van der Waals surface area (Å²) in [7, 11) is 0. The molecule has 1 amide bonds. The standard InChI is InChI=1S/C31H36F2N8O3/c1-19(2)41-20(3)36-30-24(32)14-21(15-26(30)41)29-25(33)17-35-31(38-29)37-27-9-8-22(16-34-27)39-10-12-40(13-11-39)28(44)7-5-4-6-23(43)18-42/h8-9,14-17,19,42H,4-7,10-13,18H2,1-3H3,(H,34,35,37,38). The summed E-state index contributed by atoms with van der Waals surface area (Å²) in [6.07, 6.45) is 4.66. The molecule has 232 valence electrons. The molecule has 13 heteroatoms. The number of aliphatic hydroxyl groups excluding tert-OH is 1. The highest BCUT2D eigenvalue weighted by atomic mass is 19.1. The van der Waals surface area contributed by atoms with Gasteiger partial charge in [-0.05, 0) is 57.9 Å². The zero-order valence-corrected chi connectivity index (χ0v) is 25.1. The van der Waals surface area contributed by atoms with Crippen molar-refractivity contribution >= 4 is 40.2 Å². The molecule has 44 heavy (non-hydrogen) atoms. The smallest absolute Gasteiger partial charge is 0.229 e. The van der Waals surface area contributed by atoms with Gasteiger partial charge in [0.25, 0.3) is 0 Å². The molecule has 0 bridgehead atoms. The Morgan fingerprint density at radius 2 is 1.73 bits per heavy atom. The Morgan fingerprint density at radius 3 is 2.41 bits per heavy atom. The number of amides is 1. The topological polar surface area (TPSA) is 129 Å². The lowest BCUT2D eigenvalue weighted by atomic mass is 10.1. The number of carbonyl (C=O) groups excluding carboxylic acids is 2. The molecule has 0 atom stereocenters. The van der Waals surface area contributed by atoms with Crippen LogP contribution in [0.15, 0.2) is 36.7 Å². The number of aromatic nitrogens is 5. The predicted molar refractivity (Wildman–Crippen MR) is 163 cm³/mol. The maximum Gasteiger partial charge on any atom is 0.229 e. The number of fused-ring (bicyclic) bond motifs is 1. The monoisotopic (exact) mass is 606 g/mol. The molecular formula is C31H36F2N8O3. The SMILES string of the molecule is Cc1nc2c(F)cc(-c3nc(Nc4ccc(N5CCN(C(=O)CCCCC(=O)CO)CC5)cn4)ncc3F)cc2n1C(C)C. The summed E-state index contributed by atoms with van der Waals surface area (Å²) in [4.78, 5) is 44.9. The number of nitrogens with zero attached hydrogens (tertiary/aromatic N) is 7. The fraction of sp³-hybridized carbons (Fsp3) is 0.419. The van der Waals surface area contributed by atoms with E-state index in [9.17, 15) is 14.0 Å².